The van der Waals surface area contributed by atoms with E-state index < -0.39 is 12.1 Å². The molecule has 0 aromatic carbocycles. The molecule has 3 N–H and O–H groups in total. The summed E-state index contributed by atoms with van der Waals surface area (Å²) in [6.45, 7) is 4.91. The van der Waals surface area contributed by atoms with Crippen molar-refractivity contribution >= 4 is 11.9 Å². The molecule has 0 aliphatic carbocycles. The molecule has 0 aliphatic heterocycles. The fourth-order valence-electron chi connectivity index (χ4n) is 10.9. The van der Waals surface area contributed by atoms with Crippen LogP contribution in [0.5, 0.6) is 0 Å². The molecule has 6 heteroatoms. The number of ether oxygens (including phenoxy) is 1. The Labute approximate surface area is 493 Å². The van der Waals surface area contributed by atoms with Gasteiger partial charge >= 0.3 is 5.97 Å². The molecule has 0 fully saturated rings. The van der Waals surface area contributed by atoms with E-state index in [1.165, 1.54) is 302 Å². The monoisotopic (exact) mass is 1110 g/mol. The minimum atomic E-state index is -0.846. The van der Waals surface area contributed by atoms with Crippen LogP contribution in [0.2, 0.25) is 0 Å². The topological polar surface area (TPSA) is 95.9 Å². The number of carbonyl (C=O) groups excluding carboxylic acids is 2. The number of rotatable bonds is 66. The Hall–Kier alpha value is -2.18. The van der Waals surface area contributed by atoms with Gasteiger partial charge in [0.25, 0.3) is 0 Å². The van der Waals surface area contributed by atoms with Gasteiger partial charge in [0.15, 0.2) is 0 Å². The van der Waals surface area contributed by atoms with E-state index in [0.29, 0.717) is 19.4 Å². The predicted octanol–water partition coefficient (Wildman–Crippen LogP) is 22.9. The molecular formula is C73H137NO5. The number of aliphatic hydroxyl groups excluding tert-OH is 2. The van der Waals surface area contributed by atoms with Gasteiger partial charge in [0.1, 0.15) is 0 Å². The van der Waals surface area contributed by atoms with Crippen LogP contribution in [0.3, 0.4) is 0 Å². The molecular weight excluding hydrogens is 971 g/mol. The van der Waals surface area contributed by atoms with Gasteiger partial charge in [-0.1, -0.05) is 326 Å². The minimum Gasteiger partial charge on any atom is -0.466 e. The van der Waals surface area contributed by atoms with E-state index in [4.69, 9.17) is 4.74 Å². The van der Waals surface area contributed by atoms with Crippen LogP contribution in [0.4, 0.5) is 0 Å². The predicted molar refractivity (Wildman–Crippen MR) is 347 cm³/mol. The molecule has 79 heavy (non-hydrogen) atoms. The van der Waals surface area contributed by atoms with E-state index in [9.17, 15) is 19.8 Å². The van der Waals surface area contributed by atoms with Crippen molar-refractivity contribution in [2.45, 2.75) is 392 Å². The molecule has 2 unspecified atom stereocenters. The van der Waals surface area contributed by atoms with Gasteiger partial charge in [-0.15, -0.1) is 0 Å². The highest BCUT2D eigenvalue weighted by atomic mass is 16.5. The van der Waals surface area contributed by atoms with Crippen LogP contribution in [-0.2, 0) is 14.3 Å². The average Bonchev–Trinajstić information content (AvgIpc) is 3.45. The molecule has 0 bridgehead atoms. The van der Waals surface area contributed by atoms with Crippen LogP contribution >= 0.6 is 0 Å². The van der Waals surface area contributed by atoms with Gasteiger partial charge in [0, 0.05) is 12.8 Å². The molecule has 464 valence electrons. The highest BCUT2D eigenvalue weighted by molar-refractivity contribution is 5.76. The first-order valence-corrected chi connectivity index (χ1v) is 35.4. The molecule has 0 saturated heterocycles. The molecule has 0 spiro atoms. The highest BCUT2D eigenvalue weighted by Gasteiger charge is 2.18. The number of hydrogen-bond donors (Lipinski definition) is 3. The third-order valence-corrected chi connectivity index (χ3v) is 16.3. The summed E-state index contributed by atoms with van der Waals surface area (Å²) >= 11 is 0. The maximum atomic E-state index is 12.5. The molecule has 0 aromatic rings. The van der Waals surface area contributed by atoms with E-state index in [0.717, 1.165) is 51.4 Å². The molecule has 0 radical (unpaired) electrons. The summed E-state index contributed by atoms with van der Waals surface area (Å²) in [5.74, 6) is -0.0648. The first kappa shape index (κ1) is 76.8. The Balaban J connectivity index is 3.41. The fourth-order valence-corrected chi connectivity index (χ4v) is 10.9. The second-order valence-corrected chi connectivity index (χ2v) is 24.2. The van der Waals surface area contributed by atoms with Crippen LogP contribution in [0.25, 0.3) is 0 Å². The molecule has 1 amide bonds. The van der Waals surface area contributed by atoms with Crippen LogP contribution in [0.1, 0.15) is 380 Å². The quantitative estimate of drug-likeness (QED) is 0.0320. The summed E-state index contributed by atoms with van der Waals surface area (Å²) < 4.78 is 5.49. The molecule has 0 aromatic heterocycles. The standard InChI is InChI=1S/C73H137NO5/c1-3-5-7-9-11-13-15-17-19-21-31-34-37-41-45-49-53-57-61-65-71(76)70(69-75)74-72(77)66-62-58-54-50-46-42-38-35-32-29-27-25-23-22-24-26-28-30-33-36-40-44-48-52-56-60-64-68-79-73(78)67-63-59-55-51-47-43-39-20-18-16-14-12-10-8-6-4-2/h14,16,20,22-23,39,61,65,70-71,75-76H,3-13,15,17-19,21,24-38,40-60,62-64,66-69H2,1-2H3,(H,74,77)/b16-14-,23-22-,39-20-,65-61+. The lowest BCUT2D eigenvalue weighted by Gasteiger charge is -2.20. The van der Waals surface area contributed by atoms with Gasteiger partial charge in [0.2, 0.25) is 5.91 Å². The van der Waals surface area contributed by atoms with Crippen LogP contribution < -0.4 is 5.32 Å². The fraction of sp³-hybridized carbons (Fsp3) is 0.863. The Kier molecular flexibility index (Phi) is 66.4. The number of unbranched alkanes of at least 4 members (excludes halogenated alkanes) is 49. The van der Waals surface area contributed by atoms with E-state index in [2.05, 4.69) is 55.6 Å². The molecule has 2 atom stereocenters. The van der Waals surface area contributed by atoms with Crippen LogP contribution in [0, 0.1) is 0 Å². The first-order chi connectivity index (χ1) is 39.0. The lowest BCUT2D eigenvalue weighted by Crippen LogP contribution is -2.45. The summed E-state index contributed by atoms with van der Waals surface area (Å²) in [6.07, 6.45) is 89.0. The Bertz CT molecular complexity index is 1320. The molecule has 0 saturated carbocycles. The maximum absolute atomic E-state index is 12.5. The van der Waals surface area contributed by atoms with Gasteiger partial charge in [-0.2, -0.15) is 0 Å². The molecule has 6 nitrogen and oxygen atoms in total. The normalized spacial score (nSPS) is 12.8. The van der Waals surface area contributed by atoms with Crippen molar-refractivity contribution < 1.29 is 24.5 Å². The summed E-state index contributed by atoms with van der Waals surface area (Å²) in [7, 11) is 0. The van der Waals surface area contributed by atoms with E-state index in [-0.39, 0.29) is 18.5 Å². The van der Waals surface area contributed by atoms with Crippen molar-refractivity contribution in [1.29, 1.82) is 0 Å². The first-order valence-electron chi connectivity index (χ1n) is 35.4. The Morgan fingerprint density at radius 3 is 0.987 bits per heavy atom. The van der Waals surface area contributed by atoms with Gasteiger partial charge in [0.05, 0.1) is 25.4 Å². The van der Waals surface area contributed by atoms with Crippen molar-refractivity contribution in [1.82, 2.24) is 5.32 Å². The third kappa shape index (κ3) is 64.8. The van der Waals surface area contributed by atoms with Crippen LogP contribution in [-0.4, -0.2) is 47.4 Å². The SMILES string of the molecule is CCCCCC/C=C\C/C=C\CCCCCCCC(=O)OCCCCCCCCCCCCCC/C=C\CCCCCCCCCCCCCC(=O)NC(CO)C(O)/C=C/CCCCCCCCCCCCCCCCCCC. The second-order valence-electron chi connectivity index (χ2n) is 24.2. The van der Waals surface area contributed by atoms with Gasteiger partial charge < -0.3 is 20.3 Å². The molecule has 0 rings (SSSR count). The number of nitrogens with one attached hydrogen (secondary N) is 1. The van der Waals surface area contributed by atoms with Gasteiger partial charge in [-0.05, 0) is 89.9 Å². The van der Waals surface area contributed by atoms with Gasteiger partial charge in [-0.3, -0.25) is 9.59 Å². The van der Waals surface area contributed by atoms with Crippen LogP contribution in [0.15, 0.2) is 48.6 Å². The van der Waals surface area contributed by atoms with Crippen molar-refractivity contribution in [3.05, 3.63) is 48.6 Å². The van der Waals surface area contributed by atoms with E-state index in [1.54, 1.807) is 6.08 Å². The maximum Gasteiger partial charge on any atom is 0.305 e. The van der Waals surface area contributed by atoms with E-state index in [1.807, 2.05) is 6.08 Å². The number of amides is 1. The summed E-state index contributed by atoms with van der Waals surface area (Å²) in [6, 6.07) is -0.630. The number of aliphatic hydroxyl groups is 2. The third-order valence-electron chi connectivity index (χ3n) is 16.3. The smallest absolute Gasteiger partial charge is 0.305 e. The Morgan fingerprint density at radius 1 is 0.354 bits per heavy atom. The zero-order valence-electron chi connectivity index (χ0n) is 53.1. The second kappa shape index (κ2) is 68.3. The summed E-state index contributed by atoms with van der Waals surface area (Å²) in [5.41, 5.74) is 0. The minimum absolute atomic E-state index is 0.00139. The number of allylic oxidation sites excluding steroid dienone is 7. The Morgan fingerprint density at radius 2 is 0.633 bits per heavy atom. The summed E-state index contributed by atoms with van der Waals surface area (Å²) in [4.78, 5) is 24.6. The largest absolute Gasteiger partial charge is 0.466 e. The lowest BCUT2D eigenvalue weighted by molar-refractivity contribution is -0.143. The number of hydrogen-bond acceptors (Lipinski definition) is 5. The highest BCUT2D eigenvalue weighted by Crippen LogP contribution is 2.18. The van der Waals surface area contributed by atoms with Crippen molar-refractivity contribution in [2.24, 2.45) is 0 Å². The van der Waals surface area contributed by atoms with Crippen molar-refractivity contribution in [2.75, 3.05) is 13.2 Å². The average molecular weight is 1110 g/mol. The van der Waals surface area contributed by atoms with Crippen molar-refractivity contribution in [3.63, 3.8) is 0 Å². The van der Waals surface area contributed by atoms with Crippen molar-refractivity contribution in [3.8, 4) is 0 Å². The zero-order chi connectivity index (χ0) is 57.1. The molecule has 0 aliphatic rings. The zero-order valence-corrected chi connectivity index (χ0v) is 53.1. The van der Waals surface area contributed by atoms with E-state index >= 15 is 0 Å². The molecule has 0 heterocycles. The summed E-state index contributed by atoms with van der Waals surface area (Å²) in [5, 5.41) is 23.2. The lowest BCUT2D eigenvalue weighted by atomic mass is 10.0. The number of esters is 1. The number of carbonyl (C=O) groups is 2. The van der Waals surface area contributed by atoms with Gasteiger partial charge in [-0.25, -0.2) is 0 Å².